The fraction of sp³-hybridized carbons (Fsp3) is 0.579. The van der Waals surface area contributed by atoms with Gasteiger partial charge in [0.05, 0.1) is 11.4 Å². The van der Waals surface area contributed by atoms with Gasteiger partial charge >= 0.3 is 0 Å². The largest absolute Gasteiger partial charge is 0.348 e. The van der Waals surface area contributed by atoms with Gasteiger partial charge in [-0.3, -0.25) is 24.2 Å². The van der Waals surface area contributed by atoms with Crippen LogP contribution in [0.4, 0.5) is 5.95 Å². The van der Waals surface area contributed by atoms with Crippen molar-refractivity contribution in [3.05, 3.63) is 39.6 Å². The van der Waals surface area contributed by atoms with E-state index in [1.165, 1.54) is 6.07 Å². The maximum absolute atomic E-state index is 12.7. The fourth-order valence-corrected chi connectivity index (χ4v) is 3.56. The first-order valence-electron chi connectivity index (χ1n) is 9.49. The average molecular weight is 387 g/mol. The molecule has 1 N–H and O–H groups in total. The number of carbonyl (C=O) groups excluding carboxylic acids is 1. The van der Waals surface area contributed by atoms with Crippen molar-refractivity contribution in [2.45, 2.75) is 39.4 Å². The zero-order valence-electron chi connectivity index (χ0n) is 17.3. The van der Waals surface area contributed by atoms with E-state index in [-0.39, 0.29) is 24.1 Å². The maximum atomic E-state index is 12.7. The van der Waals surface area contributed by atoms with Gasteiger partial charge in [-0.1, -0.05) is 0 Å². The van der Waals surface area contributed by atoms with Gasteiger partial charge in [0.25, 0.3) is 5.56 Å². The van der Waals surface area contributed by atoms with Gasteiger partial charge in [-0.25, -0.2) is 4.98 Å². The molecule has 3 rings (SSSR count). The van der Waals surface area contributed by atoms with Crippen LogP contribution in [0.15, 0.2) is 16.9 Å². The highest BCUT2D eigenvalue weighted by atomic mass is 16.2. The Bertz CT molecular complexity index is 902. The predicted molar refractivity (Wildman–Crippen MR) is 107 cm³/mol. The molecule has 0 aromatic carbocycles. The molecule has 0 aliphatic carbocycles. The number of hydrogen-bond donors (Lipinski definition) is 1. The summed E-state index contributed by atoms with van der Waals surface area (Å²) in [5.74, 6) is 0.635. The summed E-state index contributed by atoms with van der Waals surface area (Å²) in [4.78, 5) is 37.6. The van der Waals surface area contributed by atoms with Gasteiger partial charge < -0.3 is 9.80 Å². The molecule has 9 nitrogen and oxygen atoms in total. The predicted octanol–water partition coefficient (Wildman–Crippen LogP) is 0.382. The number of anilines is 1. The van der Waals surface area contributed by atoms with Crippen molar-refractivity contribution in [1.29, 1.82) is 0 Å². The van der Waals surface area contributed by atoms with Crippen LogP contribution < -0.4 is 10.5 Å². The zero-order valence-corrected chi connectivity index (χ0v) is 17.3. The molecule has 1 amide bonds. The second kappa shape index (κ2) is 8.14. The Balaban J connectivity index is 1.59. The summed E-state index contributed by atoms with van der Waals surface area (Å²) in [6, 6.07) is 3.75. The van der Waals surface area contributed by atoms with E-state index in [9.17, 15) is 9.59 Å². The quantitative estimate of drug-likeness (QED) is 0.771. The standard InChI is InChI=1S/C19H29N7O2/c1-13-8-14(2)26(22-13)12-18(28)25-7-6-16(11-25)24(5)10-15-9-17(27)21-19(20-15)23(3)4/h8-9,16H,6-7,10-12H2,1-5H3,(H,20,21,27)/t16-/m1/s1. The minimum atomic E-state index is -0.157. The highest BCUT2D eigenvalue weighted by Crippen LogP contribution is 2.17. The summed E-state index contributed by atoms with van der Waals surface area (Å²) >= 11 is 0. The monoisotopic (exact) mass is 387 g/mol. The second-order valence-electron chi connectivity index (χ2n) is 7.74. The summed E-state index contributed by atoms with van der Waals surface area (Å²) in [5.41, 5.74) is 2.49. The van der Waals surface area contributed by atoms with Crippen LogP contribution in [0.2, 0.25) is 0 Å². The van der Waals surface area contributed by atoms with Gasteiger partial charge in [-0.15, -0.1) is 0 Å². The van der Waals surface area contributed by atoms with Crippen LogP contribution in [0, 0.1) is 13.8 Å². The number of aromatic amines is 1. The molecule has 152 valence electrons. The zero-order chi connectivity index (χ0) is 20.4. The molecule has 1 saturated heterocycles. The van der Waals surface area contributed by atoms with Crippen molar-refractivity contribution in [3.8, 4) is 0 Å². The lowest BCUT2D eigenvalue weighted by Gasteiger charge is -2.24. The van der Waals surface area contributed by atoms with E-state index < -0.39 is 0 Å². The van der Waals surface area contributed by atoms with E-state index in [0.717, 1.165) is 30.0 Å². The molecule has 3 heterocycles. The Kier molecular flexibility index (Phi) is 5.83. The van der Waals surface area contributed by atoms with Gasteiger partial charge in [0.1, 0.15) is 6.54 Å². The third kappa shape index (κ3) is 4.59. The van der Waals surface area contributed by atoms with Crippen LogP contribution >= 0.6 is 0 Å². The average Bonchev–Trinajstić information content (AvgIpc) is 3.21. The first kappa shape index (κ1) is 20.1. The number of likely N-dealkylation sites (tertiary alicyclic amines) is 1. The molecule has 9 heteroatoms. The molecule has 2 aromatic rings. The topological polar surface area (TPSA) is 90.4 Å². The molecule has 2 aromatic heterocycles. The molecule has 1 fully saturated rings. The number of hydrogen-bond acceptors (Lipinski definition) is 6. The number of nitrogens with zero attached hydrogens (tertiary/aromatic N) is 6. The van der Waals surface area contributed by atoms with Crippen molar-refractivity contribution >= 4 is 11.9 Å². The Morgan fingerprint density at radius 1 is 1.29 bits per heavy atom. The van der Waals surface area contributed by atoms with Crippen LogP contribution in [0.5, 0.6) is 0 Å². The second-order valence-corrected chi connectivity index (χ2v) is 7.74. The number of rotatable bonds is 6. The number of likely N-dealkylation sites (N-methyl/N-ethyl adjacent to an activating group) is 1. The lowest BCUT2D eigenvalue weighted by atomic mass is 10.2. The van der Waals surface area contributed by atoms with Gasteiger partial charge in [0, 0.05) is 51.5 Å². The minimum Gasteiger partial charge on any atom is -0.348 e. The number of nitrogens with one attached hydrogen (secondary N) is 1. The van der Waals surface area contributed by atoms with Gasteiger partial charge in [0.15, 0.2) is 0 Å². The van der Waals surface area contributed by atoms with E-state index in [1.807, 2.05) is 46.0 Å². The Labute approximate surface area is 165 Å². The SMILES string of the molecule is Cc1cc(C)n(CC(=O)N2CC[C@@H](N(C)Cc3cc(=O)[nH]c(N(C)C)n3)C2)n1. The van der Waals surface area contributed by atoms with Crippen LogP contribution in [-0.2, 0) is 17.9 Å². The van der Waals surface area contributed by atoms with E-state index in [0.29, 0.717) is 19.0 Å². The highest BCUT2D eigenvalue weighted by Gasteiger charge is 2.29. The fourth-order valence-electron chi connectivity index (χ4n) is 3.56. The van der Waals surface area contributed by atoms with Crippen molar-refractivity contribution in [2.24, 2.45) is 0 Å². The van der Waals surface area contributed by atoms with Crippen LogP contribution in [0.1, 0.15) is 23.5 Å². The minimum absolute atomic E-state index is 0.0891. The first-order chi connectivity index (χ1) is 13.2. The Hall–Kier alpha value is -2.68. The third-order valence-corrected chi connectivity index (χ3v) is 5.15. The van der Waals surface area contributed by atoms with Crippen LogP contribution in [-0.4, -0.2) is 75.7 Å². The van der Waals surface area contributed by atoms with E-state index >= 15 is 0 Å². The molecule has 0 bridgehead atoms. The molecule has 1 aliphatic heterocycles. The van der Waals surface area contributed by atoms with Gasteiger partial charge in [-0.05, 0) is 33.4 Å². The van der Waals surface area contributed by atoms with Crippen molar-refractivity contribution < 1.29 is 4.79 Å². The molecule has 0 spiro atoms. The Morgan fingerprint density at radius 2 is 2.04 bits per heavy atom. The summed E-state index contributed by atoms with van der Waals surface area (Å²) < 4.78 is 1.76. The van der Waals surface area contributed by atoms with E-state index in [2.05, 4.69) is 20.0 Å². The molecule has 0 unspecified atom stereocenters. The number of aromatic nitrogens is 4. The summed E-state index contributed by atoms with van der Waals surface area (Å²) in [6.07, 6.45) is 0.906. The molecule has 1 atom stereocenters. The molecular formula is C19H29N7O2. The molecule has 0 radical (unpaired) electrons. The first-order valence-corrected chi connectivity index (χ1v) is 9.49. The smallest absolute Gasteiger partial charge is 0.252 e. The molecule has 1 aliphatic rings. The Morgan fingerprint density at radius 3 is 2.68 bits per heavy atom. The van der Waals surface area contributed by atoms with E-state index in [4.69, 9.17) is 0 Å². The summed E-state index contributed by atoms with van der Waals surface area (Å²) in [7, 11) is 5.70. The van der Waals surface area contributed by atoms with Crippen molar-refractivity contribution in [1.82, 2.24) is 29.5 Å². The lowest BCUT2D eigenvalue weighted by molar-refractivity contribution is -0.131. The molecule has 28 heavy (non-hydrogen) atoms. The highest BCUT2D eigenvalue weighted by molar-refractivity contribution is 5.76. The van der Waals surface area contributed by atoms with Crippen molar-refractivity contribution in [2.75, 3.05) is 39.1 Å². The van der Waals surface area contributed by atoms with E-state index in [1.54, 1.807) is 9.58 Å². The summed E-state index contributed by atoms with van der Waals surface area (Å²) in [5, 5.41) is 4.38. The number of H-pyrrole nitrogens is 1. The van der Waals surface area contributed by atoms with Crippen molar-refractivity contribution in [3.63, 3.8) is 0 Å². The maximum Gasteiger partial charge on any atom is 0.252 e. The van der Waals surface area contributed by atoms with Gasteiger partial charge in [-0.2, -0.15) is 5.10 Å². The third-order valence-electron chi connectivity index (χ3n) is 5.15. The number of aryl methyl sites for hydroxylation is 2. The number of amides is 1. The van der Waals surface area contributed by atoms with Crippen LogP contribution in [0.3, 0.4) is 0 Å². The van der Waals surface area contributed by atoms with Crippen LogP contribution in [0.25, 0.3) is 0 Å². The molecular weight excluding hydrogens is 358 g/mol. The lowest BCUT2D eigenvalue weighted by Crippen LogP contribution is -2.38. The van der Waals surface area contributed by atoms with Gasteiger partial charge in [0.2, 0.25) is 11.9 Å². The normalized spacial score (nSPS) is 16.8. The molecule has 0 saturated carbocycles. The number of carbonyl (C=O) groups is 1. The summed E-state index contributed by atoms with van der Waals surface area (Å²) in [6.45, 7) is 6.15.